The average molecular weight is 193 g/mol. The molecule has 1 aliphatic heterocycles. The predicted molar refractivity (Wildman–Crippen MR) is 57.3 cm³/mol. The molecule has 2 heterocycles. The molecule has 1 atom stereocenters. The van der Waals surface area contributed by atoms with Gasteiger partial charge in [-0.05, 0) is 26.3 Å². The van der Waals surface area contributed by atoms with Gasteiger partial charge in [0.1, 0.15) is 5.82 Å². The highest BCUT2D eigenvalue weighted by molar-refractivity contribution is 5.08. The smallest absolute Gasteiger partial charge is 0.125 e. The lowest BCUT2D eigenvalue weighted by atomic mass is 10.3. The van der Waals surface area contributed by atoms with E-state index in [0.717, 1.165) is 19.5 Å². The minimum atomic E-state index is 0.406. The fraction of sp³-hybridized carbons (Fsp3) is 0.727. The lowest BCUT2D eigenvalue weighted by molar-refractivity contribution is 0.569. The molecule has 0 aliphatic carbocycles. The molecule has 3 nitrogen and oxygen atoms in total. The van der Waals surface area contributed by atoms with E-state index in [4.69, 9.17) is 0 Å². The standard InChI is InChI=1S/C11H19N3/c1-3-5-10-8-14-7-4-6-12-9(2)11(14)13-10/h8-9,12H,3-7H2,1-2H3/t9-/m0/s1. The van der Waals surface area contributed by atoms with Crippen LogP contribution in [0.15, 0.2) is 6.20 Å². The second-order valence-electron chi connectivity index (χ2n) is 4.06. The summed E-state index contributed by atoms with van der Waals surface area (Å²) in [6.45, 7) is 6.61. The molecule has 0 spiro atoms. The van der Waals surface area contributed by atoms with Crippen LogP contribution in [-0.2, 0) is 13.0 Å². The second-order valence-corrected chi connectivity index (χ2v) is 4.06. The van der Waals surface area contributed by atoms with Gasteiger partial charge in [0, 0.05) is 12.7 Å². The van der Waals surface area contributed by atoms with Crippen LogP contribution in [0.2, 0.25) is 0 Å². The predicted octanol–water partition coefficient (Wildman–Crippen LogP) is 1.89. The molecule has 0 aromatic carbocycles. The Morgan fingerprint density at radius 2 is 2.50 bits per heavy atom. The lowest BCUT2D eigenvalue weighted by Gasteiger charge is -2.08. The van der Waals surface area contributed by atoms with Gasteiger partial charge >= 0.3 is 0 Å². The van der Waals surface area contributed by atoms with Gasteiger partial charge in [-0.1, -0.05) is 13.3 Å². The molecule has 0 unspecified atom stereocenters. The molecule has 1 aromatic heterocycles. The van der Waals surface area contributed by atoms with Crippen molar-refractivity contribution in [1.82, 2.24) is 14.9 Å². The fourth-order valence-corrected chi connectivity index (χ4v) is 2.05. The molecular weight excluding hydrogens is 174 g/mol. The molecular formula is C11H19N3. The Hall–Kier alpha value is -0.830. The number of nitrogens with zero attached hydrogens (tertiary/aromatic N) is 2. The number of hydrogen-bond acceptors (Lipinski definition) is 2. The first-order valence-electron chi connectivity index (χ1n) is 5.60. The van der Waals surface area contributed by atoms with E-state index < -0.39 is 0 Å². The topological polar surface area (TPSA) is 29.9 Å². The van der Waals surface area contributed by atoms with Crippen molar-refractivity contribution in [3.63, 3.8) is 0 Å². The van der Waals surface area contributed by atoms with Gasteiger partial charge in [0.05, 0.1) is 11.7 Å². The summed E-state index contributed by atoms with van der Waals surface area (Å²) in [5.74, 6) is 1.21. The van der Waals surface area contributed by atoms with E-state index >= 15 is 0 Å². The van der Waals surface area contributed by atoms with Gasteiger partial charge in [-0.15, -0.1) is 0 Å². The van der Waals surface area contributed by atoms with Crippen molar-refractivity contribution in [3.8, 4) is 0 Å². The van der Waals surface area contributed by atoms with E-state index in [1.54, 1.807) is 0 Å². The zero-order valence-corrected chi connectivity index (χ0v) is 9.08. The summed E-state index contributed by atoms with van der Waals surface area (Å²) in [5, 5.41) is 3.47. The molecule has 1 aromatic rings. The summed E-state index contributed by atoms with van der Waals surface area (Å²) in [6.07, 6.45) is 5.71. The van der Waals surface area contributed by atoms with Crippen molar-refractivity contribution in [2.75, 3.05) is 6.54 Å². The SMILES string of the molecule is CCCc1cn2c(n1)[C@H](C)NCCC2. The number of aryl methyl sites for hydroxylation is 2. The Balaban J connectivity index is 2.24. The minimum Gasteiger partial charge on any atom is -0.333 e. The van der Waals surface area contributed by atoms with Gasteiger partial charge in [0.2, 0.25) is 0 Å². The van der Waals surface area contributed by atoms with Crippen molar-refractivity contribution >= 4 is 0 Å². The summed E-state index contributed by atoms with van der Waals surface area (Å²) in [6, 6.07) is 0.406. The molecule has 0 saturated heterocycles. The van der Waals surface area contributed by atoms with Crippen molar-refractivity contribution in [2.45, 2.75) is 45.7 Å². The van der Waals surface area contributed by atoms with Crippen LogP contribution in [0.3, 0.4) is 0 Å². The molecule has 78 valence electrons. The second kappa shape index (κ2) is 4.13. The summed E-state index contributed by atoms with van der Waals surface area (Å²) in [4.78, 5) is 4.68. The number of fused-ring (bicyclic) bond motifs is 1. The van der Waals surface area contributed by atoms with Gasteiger partial charge in [0.25, 0.3) is 0 Å². The van der Waals surface area contributed by atoms with E-state index in [1.807, 2.05) is 0 Å². The first kappa shape index (κ1) is 9.71. The Morgan fingerprint density at radius 1 is 1.64 bits per heavy atom. The van der Waals surface area contributed by atoms with Crippen LogP contribution in [0.4, 0.5) is 0 Å². The third-order valence-corrected chi connectivity index (χ3v) is 2.78. The summed E-state index contributed by atoms with van der Waals surface area (Å²) >= 11 is 0. The molecule has 0 bridgehead atoms. The van der Waals surface area contributed by atoms with Crippen molar-refractivity contribution in [3.05, 3.63) is 17.7 Å². The normalized spacial score (nSPS) is 21.7. The Labute approximate surface area is 85.5 Å². The van der Waals surface area contributed by atoms with Crippen molar-refractivity contribution < 1.29 is 0 Å². The minimum absolute atomic E-state index is 0.406. The van der Waals surface area contributed by atoms with Crippen LogP contribution in [-0.4, -0.2) is 16.1 Å². The van der Waals surface area contributed by atoms with E-state index in [2.05, 4.69) is 34.9 Å². The zero-order chi connectivity index (χ0) is 9.97. The van der Waals surface area contributed by atoms with Crippen LogP contribution in [0, 0.1) is 0 Å². The summed E-state index contributed by atoms with van der Waals surface area (Å²) in [5.41, 5.74) is 1.25. The quantitative estimate of drug-likeness (QED) is 0.777. The van der Waals surface area contributed by atoms with Crippen molar-refractivity contribution in [2.24, 2.45) is 0 Å². The maximum absolute atomic E-state index is 4.68. The van der Waals surface area contributed by atoms with E-state index in [0.29, 0.717) is 6.04 Å². The van der Waals surface area contributed by atoms with Crippen LogP contribution < -0.4 is 5.32 Å². The summed E-state index contributed by atoms with van der Waals surface area (Å²) in [7, 11) is 0. The van der Waals surface area contributed by atoms with Crippen LogP contribution in [0.25, 0.3) is 0 Å². The molecule has 3 heteroatoms. The van der Waals surface area contributed by atoms with E-state index in [-0.39, 0.29) is 0 Å². The van der Waals surface area contributed by atoms with Gasteiger partial charge in [-0.25, -0.2) is 4.98 Å². The summed E-state index contributed by atoms with van der Waals surface area (Å²) < 4.78 is 2.32. The van der Waals surface area contributed by atoms with E-state index in [1.165, 1.54) is 24.4 Å². The average Bonchev–Trinajstić information content (AvgIpc) is 2.49. The third kappa shape index (κ3) is 1.82. The zero-order valence-electron chi connectivity index (χ0n) is 9.08. The highest BCUT2D eigenvalue weighted by Gasteiger charge is 2.16. The molecule has 0 saturated carbocycles. The molecule has 14 heavy (non-hydrogen) atoms. The first-order chi connectivity index (χ1) is 6.81. The molecule has 0 radical (unpaired) electrons. The molecule has 2 rings (SSSR count). The number of nitrogens with one attached hydrogen (secondary N) is 1. The fourth-order valence-electron chi connectivity index (χ4n) is 2.05. The van der Waals surface area contributed by atoms with Gasteiger partial charge in [-0.3, -0.25) is 0 Å². The largest absolute Gasteiger partial charge is 0.333 e. The molecule has 0 fully saturated rings. The maximum atomic E-state index is 4.68. The third-order valence-electron chi connectivity index (χ3n) is 2.78. The number of hydrogen-bond donors (Lipinski definition) is 1. The highest BCUT2D eigenvalue weighted by atomic mass is 15.1. The first-order valence-corrected chi connectivity index (χ1v) is 5.60. The molecule has 0 amide bonds. The van der Waals surface area contributed by atoms with Crippen LogP contribution in [0.5, 0.6) is 0 Å². The Kier molecular flexibility index (Phi) is 2.87. The maximum Gasteiger partial charge on any atom is 0.125 e. The molecule has 1 N–H and O–H groups in total. The van der Waals surface area contributed by atoms with Gasteiger partial charge < -0.3 is 9.88 Å². The van der Waals surface area contributed by atoms with Crippen LogP contribution >= 0.6 is 0 Å². The van der Waals surface area contributed by atoms with E-state index in [9.17, 15) is 0 Å². The molecule has 1 aliphatic rings. The Bertz CT molecular complexity index is 303. The van der Waals surface area contributed by atoms with Gasteiger partial charge in [0.15, 0.2) is 0 Å². The number of imidazole rings is 1. The van der Waals surface area contributed by atoms with Gasteiger partial charge in [-0.2, -0.15) is 0 Å². The Morgan fingerprint density at radius 3 is 3.29 bits per heavy atom. The van der Waals surface area contributed by atoms with Crippen molar-refractivity contribution in [1.29, 1.82) is 0 Å². The lowest BCUT2D eigenvalue weighted by Crippen LogP contribution is -2.18. The monoisotopic (exact) mass is 193 g/mol. The highest BCUT2D eigenvalue weighted by Crippen LogP contribution is 2.16. The van der Waals surface area contributed by atoms with Crippen LogP contribution in [0.1, 0.15) is 44.2 Å². The number of rotatable bonds is 2. The number of aromatic nitrogens is 2.